The smallest absolute Gasteiger partial charge is 0.325 e. The standard InChI is InChI=1S/C10H17N3O4/c1-17-9(15)6-12-10(16)7-3-2-4-13(7)8(14)5-11/h7H,2-6,11H2,1H3,(H,12,16)/t7-/m0/s1. The molecule has 2 amide bonds. The molecule has 0 radical (unpaired) electrons. The second kappa shape index (κ2) is 6.19. The third kappa shape index (κ3) is 3.42. The number of carbonyl (C=O) groups excluding carboxylic acids is 3. The molecule has 7 nitrogen and oxygen atoms in total. The maximum atomic E-state index is 11.7. The van der Waals surface area contributed by atoms with Gasteiger partial charge in [-0.2, -0.15) is 0 Å². The highest BCUT2D eigenvalue weighted by molar-refractivity contribution is 5.90. The molecule has 1 saturated heterocycles. The lowest BCUT2D eigenvalue weighted by Crippen LogP contribution is -2.48. The summed E-state index contributed by atoms with van der Waals surface area (Å²) in [5.74, 6) is -1.11. The summed E-state index contributed by atoms with van der Waals surface area (Å²) in [5, 5.41) is 2.44. The van der Waals surface area contributed by atoms with Crippen LogP contribution in [0.15, 0.2) is 0 Å². The zero-order valence-corrected chi connectivity index (χ0v) is 9.77. The lowest BCUT2D eigenvalue weighted by Gasteiger charge is -2.23. The van der Waals surface area contributed by atoms with Gasteiger partial charge in [0.05, 0.1) is 13.7 Å². The van der Waals surface area contributed by atoms with Crippen LogP contribution >= 0.6 is 0 Å². The highest BCUT2D eigenvalue weighted by Crippen LogP contribution is 2.16. The highest BCUT2D eigenvalue weighted by Gasteiger charge is 2.33. The minimum atomic E-state index is -0.520. The van der Waals surface area contributed by atoms with E-state index in [9.17, 15) is 14.4 Å². The van der Waals surface area contributed by atoms with E-state index in [4.69, 9.17) is 5.73 Å². The van der Waals surface area contributed by atoms with E-state index in [1.165, 1.54) is 12.0 Å². The van der Waals surface area contributed by atoms with Crippen molar-refractivity contribution in [2.24, 2.45) is 5.73 Å². The Labute approximate surface area is 99.3 Å². The van der Waals surface area contributed by atoms with E-state index in [1.54, 1.807) is 0 Å². The Kier molecular flexibility index (Phi) is 4.89. The minimum Gasteiger partial charge on any atom is -0.468 e. The molecule has 0 bridgehead atoms. The van der Waals surface area contributed by atoms with Gasteiger partial charge in [0.25, 0.3) is 0 Å². The number of ether oxygens (including phenoxy) is 1. The maximum Gasteiger partial charge on any atom is 0.325 e. The molecule has 0 spiro atoms. The van der Waals surface area contributed by atoms with Crippen molar-refractivity contribution >= 4 is 17.8 Å². The van der Waals surface area contributed by atoms with E-state index in [0.717, 1.165) is 6.42 Å². The molecule has 7 heteroatoms. The van der Waals surface area contributed by atoms with Crippen molar-refractivity contribution in [1.82, 2.24) is 10.2 Å². The molecule has 0 aromatic rings. The van der Waals surface area contributed by atoms with Gasteiger partial charge in [-0.05, 0) is 12.8 Å². The van der Waals surface area contributed by atoms with E-state index in [-0.39, 0.29) is 24.9 Å². The Morgan fingerprint density at radius 2 is 2.18 bits per heavy atom. The van der Waals surface area contributed by atoms with Crippen LogP contribution in [-0.2, 0) is 19.1 Å². The molecular formula is C10H17N3O4. The van der Waals surface area contributed by atoms with Gasteiger partial charge in [0.2, 0.25) is 11.8 Å². The minimum absolute atomic E-state index is 0.110. The van der Waals surface area contributed by atoms with Gasteiger partial charge in [0, 0.05) is 6.54 Å². The summed E-state index contributed by atoms with van der Waals surface area (Å²) >= 11 is 0. The van der Waals surface area contributed by atoms with Gasteiger partial charge in [-0.15, -0.1) is 0 Å². The molecule has 1 aliphatic rings. The first kappa shape index (κ1) is 13.4. The number of carbonyl (C=O) groups is 3. The normalized spacial score (nSPS) is 18.9. The summed E-state index contributed by atoms with van der Waals surface area (Å²) in [6, 6.07) is -0.518. The Morgan fingerprint density at radius 1 is 1.47 bits per heavy atom. The molecular weight excluding hydrogens is 226 g/mol. The third-order valence-electron chi connectivity index (χ3n) is 2.69. The number of esters is 1. The number of methoxy groups -OCH3 is 1. The summed E-state index contributed by atoms with van der Waals surface area (Å²) in [5.41, 5.74) is 5.26. The van der Waals surface area contributed by atoms with Crippen molar-refractivity contribution in [1.29, 1.82) is 0 Å². The average Bonchev–Trinajstić information content (AvgIpc) is 2.83. The molecule has 0 aliphatic carbocycles. The van der Waals surface area contributed by atoms with Crippen LogP contribution in [0, 0.1) is 0 Å². The first-order valence-corrected chi connectivity index (χ1v) is 5.44. The fourth-order valence-electron chi connectivity index (χ4n) is 1.80. The molecule has 0 aromatic carbocycles. The van der Waals surface area contributed by atoms with E-state index in [2.05, 4.69) is 10.1 Å². The Morgan fingerprint density at radius 3 is 2.76 bits per heavy atom. The first-order valence-electron chi connectivity index (χ1n) is 5.44. The summed E-state index contributed by atoms with van der Waals surface area (Å²) < 4.78 is 4.40. The predicted octanol–water partition coefficient (Wildman–Crippen LogP) is -1.77. The fourth-order valence-corrected chi connectivity index (χ4v) is 1.80. The Bertz CT molecular complexity index is 319. The van der Waals surface area contributed by atoms with Gasteiger partial charge in [-0.25, -0.2) is 0 Å². The quantitative estimate of drug-likeness (QED) is 0.569. The van der Waals surface area contributed by atoms with Gasteiger partial charge >= 0.3 is 5.97 Å². The molecule has 1 fully saturated rings. The number of hydrogen-bond acceptors (Lipinski definition) is 5. The predicted molar refractivity (Wildman–Crippen MR) is 58.8 cm³/mol. The molecule has 0 unspecified atom stereocenters. The molecule has 96 valence electrons. The monoisotopic (exact) mass is 243 g/mol. The molecule has 1 heterocycles. The fraction of sp³-hybridized carbons (Fsp3) is 0.700. The molecule has 3 N–H and O–H groups in total. The first-order chi connectivity index (χ1) is 8.10. The number of likely N-dealkylation sites (tertiary alicyclic amines) is 1. The van der Waals surface area contributed by atoms with E-state index in [1.807, 2.05) is 0 Å². The van der Waals surface area contributed by atoms with E-state index in [0.29, 0.717) is 13.0 Å². The Balaban J connectivity index is 2.50. The molecule has 0 aromatic heterocycles. The number of nitrogens with two attached hydrogens (primary N) is 1. The van der Waals surface area contributed by atoms with Crippen molar-refractivity contribution in [3.8, 4) is 0 Å². The van der Waals surface area contributed by atoms with Crippen molar-refractivity contribution in [3.63, 3.8) is 0 Å². The third-order valence-corrected chi connectivity index (χ3v) is 2.69. The van der Waals surface area contributed by atoms with Gasteiger partial charge in [0.15, 0.2) is 0 Å². The zero-order chi connectivity index (χ0) is 12.8. The van der Waals surface area contributed by atoms with Gasteiger partial charge in [-0.3, -0.25) is 14.4 Å². The zero-order valence-electron chi connectivity index (χ0n) is 9.77. The topological polar surface area (TPSA) is 102 Å². The van der Waals surface area contributed by atoms with Crippen LogP contribution < -0.4 is 11.1 Å². The number of hydrogen-bond donors (Lipinski definition) is 2. The molecule has 0 saturated carbocycles. The summed E-state index contributed by atoms with van der Waals surface area (Å²) in [4.78, 5) is 35.5. The van der Waals surface area contributed by atoms with Crippen LogP contribution in [0.3, 0.4) is 0 Å². The lowest BCUT2D eigenvalue weighted by molar-refractivity contribution is -0.142. The van der Waals surface area contributed by atoms with E-state index >= 15 is 0 Å². The molecule has 1 aliphatic heterocycles. The number of rotatable bonds is 4. The number of nitrogens with zero attached hydrogens (tertiary/aromatic N) is 1. The largest absolute Gasteiger partial charge is 0.468 e. The van der Waals surface area contributed by atoms with Crippen molar-refractivity contribution in [2.45, 2.75) is 18.9 Å². The van der Waals surface area contributed by atoms with Crippen molar-refractivity contribution < 1.29 is 19.1 Å². The SMILES string of the molecule is COC(=O)CNC(=O)[C@@H]1CCCN1C(=O)CN. The highest BCUT2D eigenvalue weighted by atomic mass is 16.5. The van der Waals surface area contributed by atoms with Gasteiger partial charge in [-0.1, -0.05) is 0 Å². The summed E-state index contributed by atoms with van der Waals surface area (Å²) in [6.07, 6.45) is 1.36. The second-order valence-electron chi connectivity index (χ2n) is 3.74. The van der Waals surface area contributed by atoms with Gasteiger partial charge < -0.3 is 20.7 Å². The van der Waals surface area contributed by atoms with Crippen LogP contribution in [0.25, 0.3) is 0 Å². The van der Waals surface area contributed by atoms with Gasteiger partial charge in [0.1, 0.15) is 12.6 Å². The molecule has 17 heavy (non-hydrogen) atoms. The van der Waals surface area contributed by atoms with Crippen LogP contribution in [0.4, 0.5) is 0 Å². The second-order valence-corrected chi connectivity index (χ2v) is 3.74. The average molecular weight is 243 g/mol. The molecule has 1 rings (SSSR count). The van der Waals surface area contributed by atoms with Crippen molar-refractivity contribution in [3.05, 3.63) is 0 Å². The van der Waals surface area contributed by atoms with E-state index < -0.39 is 12.0 Å². The number of amides is 2. The summed E-state index contributed by atoms with van der Waals surface area (Å²) in [7, 11) is 1.24. The van der Waals surface area contributed by atoms with Crippen LogP contribution in [-0.4, -0.2) is 55.5 Å². The molecule has 1 atom stereocenters. The maximum absolute atomic E-state index is 11.7. The van der Waals surface area contributed by atoms with Crippen LogP contribution in [0.5, 0.6) is 0 Å². The van der Waals surface area contributed by atoms with Crippen LogP contribution in [0.2, 0.25) is 0 Å². The lowest BCUT2D eigenvalue weighted by atomic mass is 10.2. The Hall–Kier alpha value is -1.63. The summed E-state index contributed by atoms with van der Waals surface area (Å²) in [6.45, 7) is 0.240. The van der Waals surface area contributed by atoms with Crippen LogP contribution in [0.1, 0.15) is 12.8 Å². The number of nitrogens with one attached hydrogen (secondary N) is 1. The van der Waals surface area contributed by atoms with Crippen molar-refractivity contribution in [2.75, 3.05) is 26.7 Å².